The molecule has 0 saturated carbocycles. The number of amides is 1. The van der Waals surface area contributed by atoms with Crippen molar-refractivity contribution in [2.24, 2.45) is 0 Å². The molecule has 0 aromatic carbocycles. The maximum Gasteiger partial charge on any atom is 0.286 e. The highest BCUT2D eigenvalue weighted by molar-refractivity contribution is 5.87. The summed E-state index contributed by atoms with van der Waals surface area (Å²) >= 11 is 0. The molecule has 0 radical (unpaired) electrons. The zero-order valence-electron chi connectivity index (χ0n) is 15.6. The van der Waals surface area contributed by atoms with Crippen molar-refractivity contribution in [3.8, 4) is 0 Å². The van der Waals surface area contributed by atoms with Crippen LogP contribution < -0.4 is 4.90 Å². The fourth-order valence-corrected chi connectivity index (χ4v) is 3.16. The number of carbonyl (C=O) groups is 1. The number of alkyl halides is 2. The Kier molecular flexibility index (Phi) is 5.69. The van der Waals surface area contributed by atoms with Gasteiger partial charge in [-0.25, -0.2) is 4.98 Å². The zero-order chi connectivity index (χ0) is 20.3. The van der Waals surface area contributed by atoms with Crippen LogP contribution in [0, 0.1) is 0 Å². The minimum absolute atomic E-state index is 0.111. The molecule has 1 fully saturated rings. The molecule has 2 aromatic rings. The van der Waals surface area contributed by atoms with Crippen molar-refractivity contribution in [1.82, 2.24) is 14.9 Å². The number of piperazine rings is 1. The second-order valence-corrected chi connectivity index (χ2v) is 6.70. The van der Waals surface area contributed by atoms with Crippen LogP contribution >= 0.6 is 0 Å². The third-order valence-electron chi connectivity index (χ3n) is 4.73. The van der Waals surface area contributed by atoms with Crippen LogP contribution in [0.1, 0.15) is 29.8 Å². The first-order chi connectivity index (χ1) is 13.3. The van der Waals surface area contributed by atoms with E-state index in [4.69, 9.17) is 0 Å². The highest BCUT2D eigenvalue weighted by Crippen LogP contribution is 2.31. The number of pyridine rings is 2. The number of carbonyl (C=O) groups excluding carboxylic acids is 1. The predicted molar refractivity (Wildman–Crippen MR) is 101 cm³/mol. The van der Waals surface area contributed by atoms with Crippen molar-refractivity contribution in [1.29, 1.82) is 0 Å². The fraction of sp³-hybridized carbons (Fsp3) is 0.350. The molecule has 1 amide bonds. The molecule has 0 aliphatic carbocycles. The Morgan fingerprint density at radius 2 is 1.96 bits per heavy atom. The van der Waals surface area contributed by atoms with Crippen LogP contribution in [-0.4, -0.2) is 52.1 Å². The molecule has 1 aliphatic rings. The zero-order valence-corrected chi connectivity index (χ0v) is 15.6. The second-order valence-electron chi connectivity index (χ2n) is 6.70. The first-order valence-corrected chi connectivity index (χ1v) is 8.94. The number of hydrogen-bond acceptors (Lipinski definition) is 5. The van der Waals surface area contributed by atoms with Gasteiger partial charge >= 0.3 is 0 Å². The summed E-state index contributed by atoms with van der Waals surface area (Å²) in [4.78, 5) is 23.6. The largest absolute Gasteiger partial charge is 0.383 e. The van der Waals surface area contributed by atoms with E-state index >= 15 is 0 Å². The smallest absolute Gasteiger partial charge is 0.286 e. The van der Waals surface area contributed by atoms with Gasteiger partial charge in [-0.2, -0.15) is 8.78 Å². The molecule has 2 aromatic heterocycles. The lowest BCUT2D eigenvalue weighted by Crippen LogP contribution is -2.48. The summed E-state index contributed by atoms with van der Waals surface area (Å²) < 4.78 is 26.7. The van der Waals surface area contributed by atoms with Crippen LogP contribution in [-0.2, 0) is 10.7 Å². The Hall–Kier alpha value is -2.87. The molecule has 3 heterocycles. The average Bonchev–Trinajstić information content (AvgIpc) is 2.72. The molecule has 148 valence electrons. The molecule has 6 nitrogen and oxygen atoms in total. The Morgan fingerprint density at radius 1 is 1.25 bits per heavy atom. The predicted octanol–water partition coefficient (Wildman–Crippen LogP) is 2.50. The van der Waals surface area contributed by atoms with E-state index in [1.807, 2.05) is 4.90 Å². The number of aliphatic hydroxyl groups is 1. The highest BCUT2D eigenvalue weighted by atomic mass is 19.3. The molecule has 8 heteroatoms. The van der Waals surface area contributed by atoms with Gasteiger partial charge in [0.05, 0.1) is 0 Å². The van der Waals surface area contributed by atoms with E-state index in [0.29, 0.717) is 43.1 Å². The lowest BCUT2D eigenvalue weighted by Gasteiger charge is -2.36. The van der Waals surface area contributed by atoms with Gasteiger partial charge in [-0.3, -0.25) is 9.78 Å². The lowest BCUT2D eigenvalue weighted by molar-refractivity contribution is -0.126. The van der Waals surface area contributed by atoms with Crippen LogP contribution in [0.5, 0.6) is 0 Å². The normalized spacial score (nSPS) is 16.0. The molecule has 28 heavy (non-hydrogen) atoms. The summed E-state index contributed by atoms with van der Waals surface area (Å²) in [6, 6.07) is 6.12. The van der Waals surface area contributed by atoms with Crippen LogP contribution in [0.2, 0.25) is 0 Å². The molecule has 0 bridgehead atoms. The first-order valence-electron chi connectivity index (χ1n) is 8.94. The minimum atomic E-state index is -3.04. The summed E-state index contributed by atoms with van der Waals surface area (Å²) in [5.41, 5.74) is 0.615. The monoisotopic (exact) mass is 388 g/mol. The van der Waals surface area contributed by atoms with Crippen molar-refractivity contribution >= 4 is 11.7 Å². The third-order valence-corrected chi connectivity index (χ3v) is 4.73. The Labute approximate surface area is 162 Å². The van der Waals surface area contributed by atoms with E-state index in [2.05, 4.69) is 16.5 Å². The summed E-state index contributed by atoms with van der Waals surface area (Å²) in [7, 11) is 0. The fourth-order valence-electron chi connectivity index (χ4n) is 3.16. The molecular weight excluding hydrogens is 366 g/mol. The van der Waals surface area contributed by atoms with Gasteiger partial charge in [-0.05, 0) is 18.2 Å². The van der Waals surface area contributed by atoms with E-state index in [1.165, 1.54) is 24.4 Å². The van der Waals surface area contributed by atoms with Gasteiger partial charge in [0.1, 0.15) is 17.6 Å². The van der Waals surface area contributed by atoms with E-state index in [9.17, 15) is 18.7 Å². The number of aliphatic hydroxyl groups excluding tert-OH is 1. The number of anilines is 1. The van der Waals surface area contributed by atoms with Crippen LogP contribution in [0.25, 0.3) is 0 Å². The minimum Gasteiger partial charge on any atom is -0.383 e. The number of halogens is 2. The van der Waals surface area contributed by atoms with Crippen LogP contribution in [0.15, 0.2) is 49.3 Å². The van der Waals surface area contributed by atoms with Gasteiger partial charge in [-0.1, -0.05) is 18.7 Å². The lowest BCUT2D eigenvalue weighted by atomic mass is 10.0. The van der Waals surface area contributed by atoms with E-state index in [0.717, 1.165) is 6.92 Å². The Balaban J connectivity index is 1.80. The van der Waals surface area contributed by atoms with Gasteiger partial charge < -0.3 is 14.9 Å². The van der Waals surface area contributed by atoms with Gasteiger partial charge in [-0.15, -0.1) is 0 Å². The number of aromatic nitrogens is 2. The van der Waals surface area contributed by atoms with Crippen molar-refractivity contribution in [3.63, 3.8) is 0 Å². The van der Waals surface area contributed by atoms with E-state index < -0.39 is 12.0 Å². The summed E-state index contributed by atoms with van der Waals surface area (Å²) in [5, 5.41) is 10.8. The number of rotatable bonds is 5. The van der Waals surface area contributed by atoms with Crippen LogP contribution in [0.4, 0.5) is 14.6 Å². The van der Waals surface area contributed by atoms with Crippen molar-refractivity contribution in [2.45, 2.75) is 19.0 Å². The topological polar surface area (TPSA) is 69.6 Å². The molecule has 3 rings (SSSR count). The quantitative estimate of drug-likeness (QED) is 0.797. The maximum absolute atomic E-state index is 13.4. The number of nitrogens with zero attached hydrogens (tertiary/aromatic N) is 4. The third kappa shape index (κ3) is 4.17. The van der Waals surface area contributed by atoms with Crippen molar-refractivity contribution < 1.29 is 18.7 Å². The average molecular weight is 388 g/mol. The molecule has 1 aliphatic heterocycles. The molecule has 1 atom stereocenters. The second kappa shape index (κ2) is 8.02. The molecular formula is C20H22F2N4O2. The summed E-state index contributed by atoms with van der Waals surface area (Å²) in [6.45, 7) is 6.46. The van der Waals surface area contributed by atoms with Crippen molar-refractivity contribution in [2.75, 3.05) is 31.1 Å². The SMILES string of the molecule is C=CC(=O)N1CCN(c2ncccc2C(O)c2ccc(C(C)(F)F)nc2)CC1. The maximum atomic E-state index is 13.4. The Morgan fingerprint density at radius 3 is 2.54 bits per heavy atom. The van der Waals surface area contributed by atoms with Gasteiger partial charge in [0.25, 0.3) is 5.92 Å². The van der Waals surface area contributed by atoms with E-state index in [1.54, 1.807) is 23.2 Å². The van der Waals surface area contributed by atoms with Gasteiger partial charge in [0, 0.05) is 56.6 Å². The Bertz CT molecular complexity index is 844. The molecule has 1 N–H and O–H groups in total. The first kappa shape index (κ1) is 19.9. The number of hydrogen-bond donors (Lipinski definition) is 1. The van der Waals surface area contributed by atoms with Crippen LogP contribution in [0.3, 0.4) is 0 Å². The summed E-state index contributed by atoms with van der Waals surface area (Å²) in [5.74, 6) is -2.55. The van der Waals surface area contributed by atoms with E-state index in [-0.39, 0.29) is 11.6 Å². The highest BCUT2D eigenvalue weighted by Gasteiger charge is 2.27. The molecule has 1 saturated heterocycles. The van der Waals surface area contributed by atoms with Gasteiger partial charge in [0.15, 0.2) is 0 Å². The standard InChI is InChI=1S/C20H22F2N4O2/c1-3-17(27)25-9-11-26(12-10-25)19-15(5-4-8-23-19)18(28)14-6-7-16(24-13-14)20(2,21)22/h3-8,13,18,28H,1,9-12H2,2H3. The van der Waals surface area contributed by atoms with Crippen molar-refractivity contribution in [3.05, 3.63) is 66.1 Å². The molecule has 1 unspecified atom stereocenters. The van der Waals surface area contributed by atoms with Gasteiger partial charge in [0.2, 0.25) is 5.91 Å². The summed E-state index contributed by atoms with van der Waals surface area (Å²) in [6.07, 6.45) is 3.13. The molecule has 0 spiro atoms.